The molecule has 1 unspecified atom stereocenters. The maximum atomic E-state index is 12.4. The number of methoxy groups -OCH3 is 2. The molecular formula is C14H21NO4. The maximum Gasteiger partial charge on any atom is 0.256 e. The minimum absolute atomic E-state index is 0.0827. The summed E-state index contributed by atoms with van der Waals surface area (Å²) < 4.78 is 10.3. The predicted octanol–water partition coefficient (Wildman–Crippen LogP) is 0.841. The molecule has 5 nitrogen and oxygen atoms in total. The van der Waals surface area contributed by atoms with Gasteiger partial charge < -0.3 is 19.5 Å². The monoisotopic (exact) mass is 267 g/mol. The number of carbonyl (C=O) groups is 1. The average Bonchev–Trinajstić information content (AvgIpc) is 2.45. The van der Waals surface area contributed by atoms with Crippen molar-refractivity contribution >= 4 is 5.91 Å². The first-order chi connectivity index (χ1) is 9.24. The molecule has 0 fully saturated rings. The SMILES string of the molecule is COCCN(CCO)C(=O)C(OC)c1ccccc1. The van der Waals surface area contributed by atoms with Crippen LogP contribution in [-0.4, -0.2) is 56.4 Å². The van der Waals surface area contributed by atoms with Crippen molar-refractivity contribution in [2.45, 2.75) is 6.10 Å². The quantitative estimate of drug-likeness (QED) is 0.758. The maximum absolute atomic E-state index is 12.4. The molecule has 0 heterocycles. The summed E-state index contributed by atoms with van der Waals surface area (Å²) in [5.41, 5.74) is 0.801. The van der Waals surface area contributed by atoms with E-state index < -0.39 is 6.10 Å². The highest BCUT2D eigenvalue weighted by molar-refractivity contribution is 5.82. The minimum atomic E-state index is -0.649. The van der Waals surface area contributed by atoms with Crippen molar-refractivity contribution in [2.75, 3.05) is 40.5 Å². The largest absolute Gasteiger partial charge is 0.395 e. The number of rotatable bonds is 8. The van der Waals surface area contributed by atoms with E-state index in [1.165, 1.54) is 7.11 Å². The Bertz CT molecular complexity index is 369. The lowest BCUT2D eigenvalue weighted by Crippen LogP contribution is -2.39. The van der Waals surface area contributed by atoms with Crippen molar-refractivity contribution in [1.82, 2.24) is 4.90 Å². The molecule has 106 valence electrons. The Kier molecular flexibility index (Phi) is 7.10. The summed E-state index contributed by atoms with van der Waals surface area (Å²) in [6.45, 7) is 1.05. The van der Waals surface area contributed by atoms with Gasteiger partial charge in [0.2, 0.25) is 0 Å². The number of benzene rings is 1. The van der Waals surface area contributed by atoms with Crippen molar-refractivity contribution in [3.8, 4) is 0 Å². The Labute approximate surface area is 113 Å². The van der Waals surface area contributed by atoms with Crippen LogP contribution in [0.15, 0.2) is 30.3 Å². The third-order valence-corrected chi connectivity index (χ3v) is 2.81. The number of amides is 1. The number of nitrogens with zero attached hydrogens (tertiary/aromatic N) is 1. The third-order valence-electron chi connectivity index (χ3n) is 2.81. The molecule has 0 radical (unpaired) electrons. The van der Waals surface area contributed by atoms with E-state index >= 15 is 0 Å². The first-order valence-corrected chi connectivity index (χ1v) is 6.21. The molecule has 1 atom stereocenters. The van der Waals surface area contributed by atoms with Gasteiger partial charge in [0.1, 0.15) is 0 Å². The summed E-state index contributed by atoms with van der Waals surface area (Å²) in [7, 11) is 3.08. The number of aliphatic hydroxyl groups excluding tert-OH is 1. The standard InChI is InChI=1S/C14H21NO4/c1-18-11-9-15(8-10-16)14(17)13(19-2)12-6-4-3-5-7-12/h3-7,13,16H,8-11H2,1-2H3. The van der Waals surface area contributed by atoms with Crippen LogP contribution in [0.1, 0.15) is 11.7 Å². The lowest BCUT2D eigenvalue weighted by atomic mass is 10.1. The first-order valence-electron chi connectivity index (χ1n) is 6.21. The van der Waals surface area contributed by atoms with Gasteiger partial charge in [-0.15, -0.1) is 0 Å². The third kappa shape index (κ3) is 4.63. The fraction of sp³-hybridized carbons (Fsp3) is 0.500. The zero-order chi connectivity index (χ0) is 14.1. The van der Waals surface area contributed by atoms with Crippen LogP contribution in [-0.2, 0) is 14.3 Å². The molecule has 1 aromatic carbocycles. The van der Waals surface area contributed by atoms with Gasteiger partial charge in [-0.3, -0.25) is 4.79 Å². The molecule has 0 bridgehead atoms. The van der Waals surface area contributed by atoms with E-state index in [0.717, 1.165) is 5.56 Å². The molecule has 1 aromatic rings. The molecule has 19 heavy (non-hydrogen) atoms. The minimum Gasteiger partial charge on any atom is -0.395 e. The van der Waals surface area contributed by atoms with Crippen molar-refractivity contribution in [2.24, 2.45) is 0 Å². The Balaban J connectivity index is 2.80. The molecule has 1 N–H and O–H groups in total. The van der Waals surface area contributed by atoms with Gasteiger partial charge in [-0.05, 0) is 5.56 Å². The van der Waals surface area contributed by atoms with E-state index in [9.17, 15) is 4.79 Å². The molecule has 0 aliphatic carbocycles. The number of aliphatic hydroxyl groups is 1. The fourth-order valence-electron chi connectivity index (χ4n) is 1.83. The van der Waals surface area contributed by atoms with E-state index in [0.29, 0.717) is 13.2 Å². The van der Waals surface area contributed by atoms with Gasteiger partial charge in [-0.2, -0.15) is 0 Å². The normalized spacial score (nSPS) is 12.2. The number of hydrogen-bond acceptors (Lipinski definition) is 4. The summed E-state index contributed by atoms with van der Waals surface area (Å²) in [6, 6.07) is 9.30. The van der Waals surface area contributed by atoms with E-state index in [1.54, 1.807) is 12.0 Å². The van der Waals surface area contributed by atoms with E-state index in [2.05, 4.69) is 0 Å². The van der Waals surface area contributed by atoms with E-state index in [1.807, 2.05) is 30.3 Å². The van der Waals surface area contributed by atoms with Gasteiger partial charge in [0, 0.05) is 27.3 Å². The molecule has 1 amide bonds. The molecule has 0 aliphatic rings. The Morgan fingerprint density at radius 1 is 1.26 bits per heavy atom. The van der Waals surface area contributed by atoms with Crippen LogP contribution in [0, 0.1) is 0 Å². The predicted molar refractivity (Wildman–Crippen MR) is 71.7 cm³/mol. The summed E-state index contributed by atoms with van der Waals surface area (Å²) in [4.78, 5) is 14.0. The van der Waals surface area contributed by atoms with Crippen molar-refractivity contribution < 1.29 is 19.4 Å². The second kappa shape index (κ2) is 8.63. The summed E-state index contributed by atoms with van der Waals surface area (Å²) in [5, 5.41) is 9.03. The fourth-order valence-corrected chi connectivity index (χ4v) is 1.83. The van der Waals surface area contributed by atoms with Gasteiger partial charge in [0.05, 0.1) is 13.2 Å². The van der Waals surface area contributed by atoms with Gasteiger partial charge in [-0.25, -0.2) is 0 Å². The first kappa shape index (κ1) is 15.6. The smallest absolute Gasteiger partial charge is 0.256 e. The Morgan fingerprint density at radius 3 is 2.47 bits per heavy atom. The highest BCUT2D eigenvalue weighted by atomic mass is 16.5. The lowest BCUT2D eigenvalue weighted by Gasteiger charge is -2.26. The number of hydrogen-bond donors (Lipinski definition) is 1. The van der Waals surface area contributed by atoms with Crippen LogP contribution >= 0.6 is 0 Å². The highest BCUT2D eigenvalue weighted by Crippen LogP contribution is 2.19. The second-order valence-electron chi connectivity index (χ2n) is 4.07. The van der Waals surface area contributed by atoms with Gasteiger partial charge >= 0.3 is 0 Å². The van der Waals surface area contributed by atoms with Crippen LogP contribution in [0.4, 0.5) is 0 Å². The molecule has 0 spiro atoms. The van der Waals surface area contributed by atoms with Crippen LogP contribution in [0.3, 0.4) is 0 Å². The summed E-state index contributed by atoms with van der Waals surface area (Å²) in [5.74, 6) is -0.167. The molecule has 0 aromatic heterocycles. The highest BCUT2D eigenvalue weighted by Gasteiger charge is 2.25. The van der Waals surface area contributed by atoms with Crippen molar-refractivity contribution in [3.05, 3.63) is 35.9 Å². The molecule has 5 heteroatoms. The molecule has 0 saturated heterocycles. The Morgan fingerprint density at radius 2 is 1.95 bits per heavy atom. The summed E-state index contributed by atoms with van der Waals surface area (Å²) >= 11 is 0. The van der Waals surface area contributed by atoms with E-state index in [4.69, 9.17) is 14.6 Å². The zero-order valence-electron chi connectivity index (χ0n) is 11.4. The van der Waals surface area contributed by atoms with Crippen LogP contribution in [0.25, 0.3) is 0 Å². The van der Waals surface area contributed by atoms with Crippen molar-refractivity contribution in [1.29, 1.82) is 0 Å². The van der Waals surface area contributed by atoms with Gasteiger partial charge in [0.25, 0.3) is 5.91 Å². The number of carbonyl (C=O) groups excluding carboxylic acids is 1. The number of ether oxygens (including phenoxy) is 2. The van der Waals surface area contributed by atoms with Crippen LogP contribution < -0.4 is 0 Å². The lowest BCUT2D eigenvalue weighted by molar-refractivity contribution is -0.143. The van der Waals surface area contributed by atoms with Crippen LogP contribution in [0.2, 0.25) is 0 Å². The molecular weight excluding hydrogens is 246 g/mol. The molecule has 0 saturated carbocycles. The molecule has 0 aliphatic heterocycles. The molecule has 1 rings (SSSR count). The average molecular weight is 267 g/mol. The Hall–Kier alpha value is -1.43. The zero-order valence-corrected chi connectivity index (χ0v) is 11.4. The topological polar surface area (TPSA) is 59.0 Å². The second-order valence-corrected chi connectivity index (χ2v) is 4.07. The summed E-state index contributed by atoms with van der Waals surface area (Å²) in [6.07, 6.45) is -0.649. The van der Waals surface area contributed by atoms with Crippen LogP contribution in [0.5, 0.6) is 0 Å². The van der Waals surface area contributed by atoms with E-state index in [-0.39, 0.29) is 19.1 Å². The van der Waals surface area contributed by atoms with Gasteiger partial charge in [-0.1, -0.05) is 30.3 Å². The van der Waals surface area contributed by atoms with Gasteiger partial charge in [0.15, 0.2) is 6.10 Å². The van der Waals surface area contributed by atoms with Crippen molar-refractivity contribution in [3.63, 3.8) is 0 Å².